The lowest BCUT2D eigenvalue weighted by molar-refractivity contribution is 0.0601. The maximum absolute atomic E-state index is 12.5. The lowest BCUT2D eigenvalue weighted by Crippen LogP contribution is -2.47. The zero-order chi connectivity index (χ0) is 24.4. The largest absolute Gasteiger partial charge is 0.465 e. The third-order valence-corrected chi connectivity index (χ3v) is 7.52. The molecule has 3 aromatic rings. The number of piperazine rings is 1. The van der Waals surface area contributed by atoms with Crippen molar-refractivity contribution in [3.63, 3.8) is 0 Å². The molecular formula is C24H31BrN8O2. The monoisotopic (exact) mass is 542 g/mol. The van der Waals surface area contributed by atoms with Gasteiger partial charge in [0.05, 0.1) is 18.1 Å². The number of anilines is 3. The number of nitrogens with one attached hydrogen (secondary N) is 2. The molecular weight excluding hydrogens is 512 g/mol. The number of halogens is 1. The van der Waals surface area contributed by atoms with Crippen molar-refractivity contribution in [3.05, 3.63) is 34.2 Å². The number of esters is 1. The fourth-order valence-corrected chi connectivity index (χ4v) is 5.45. The molecule has 2 aromatic heterocycles. The first kappa shape index (κ1) is 23.8. The smallest absolute Gasteiger partial charge is 0.337 e. The Morgan fingerprint density at radius 2 is 1.86 bits per heavy atom. The molecule has 0 unspecified atom stereocenters. The van der Waals surface area contributed by atoms with Gasteiger partial charge in [-0.05, 0) is 66.5 Å². The molecule has 2 aliphatic rings. The van der Waals surface area contributed by atoms with E-state index in [0.717, 1.165) is 72.0 Å². The van der Waals surface area contributed by atoms with Crippen LogP contribution >= 0.6 is 15.9 Å². The number of hydrogen-bond acceptors (Lipinski definition) is 9. The van der Waals surface area contributed by atoms with E-state index < -0.39 is 0 Å². The molecule has 0 amide bonds. The highest BCUT2D eigenvalue weighted by atomic mass is 79.9. The summed E-state index contributed by atoms with van der Waals surface area (Å²) >= 11 is 3.53. The van der Waals surface area contributed by atoms with Gasteiger partial charge in [0.15, 0.2) is 5.65 Å². The van der Waals surface area contributed by atoms with Crippen LogP contribution in [0.1, 0.15) is 28.8 Å². The number of methoxy groups -OCH3 is 1. The van der Waals surface area contributed by atoms with Gasteiger partial charge in [0.2, 0.25) is 0 Å². The summed E-state index contributed by atoms with van der Waals surface area (Å²) in [5.41, 5.74) is 4.42. The normalized spacial score (nSPS) is 16.8. The summed E-state index contributed by atoms with van der Waals surface area (Å²) in [6.07, 6.45) is 4.12. The highest BCUT2D eigenvalue weighted by Gasteiger charge is 2.25. The topological polar surface area (TPSA) is 103 Å². The van der Waals surface area contributed by atoms with Crippen molar-refractivity contribution in [2.24, 2.45) is 0 Å². The van der Waals surface area contributed by atoms with Crippen LogP contribution in [0.2, 0.25) is 0 Å². The van der Waals surface area contributed by atoms with E-state index in [1.165, 1.54) is 33.0 Å². The van der Waals surface area contributed by atoms with Crippen LogP contribution in [0.5, 0.6) is 0 Å². The summed E-state index contributed by atoms with van der Waals surface area (Å²) in [6, 6.07) is 3.87. The maximum Gasteiger partial charge on any atom is 0.337 e. The number of rotatable bonds is 7. The second-order valence-corrected chi connectivity index (χ2v) is 9.84. The molecule has 186 valence electrons. The third kappa shape index (κ3) is 4.92. The minimum Gasteiger partial charge on any atom is -0.465 e. The van der Waals surface area contributed by atoms with E-state index in [0.29, 0.717) is 11.2 Å². The molecule has 5 rings (SSSR count). The number of hydrogen-bond donors (Lipinski definition) is 2. The van der Waals surface area contributed by atoms with E-state index in [2.05, 4.69) is 63.0 Å². The van der Waals surface area contributed by atoms with Crippen LogP contribution in [0.25, 0.3) is 11.0 Å². The van der Waals surface area contributed by atoms with Gasteiger partial charge in [0.25, 0.3) is 0 Å². The Kier molecular flexibility index (Phi) is 7.05. The molecule has 2 saturated heterocycles. The Hall–Kier alpha value is -2.92. The number of benzene rings is 1. The molecule has 11 heteroatoms. The van der Waals surface area contributed by atoms with Crippen molar-refractivity contribution in [3.8, 4) is 0 Å². The molecule has 2 fully saturated rings. The number of aromatic amines is 1. The minimum atomic E-state index is -0.319. The van der Waals surface area contributed by atoms with Crippen molar-refractivity contribution >= 4 is 50.1 Å². The minimum absolute atomic E-state index is 0.319. The molecule has 0 bridgehead atoms. The molecule has 0 atom stereocenters. The lowest BCUT2D eigenvalue weighted by atomic mass is 10.0. The average molecular weight is 543 g/mol. The van der Waals surface area contributed by atoms with Crippen molar-refractivity contribution in [1.29, 1.82) is 0 Å². The summed E-state index contributed by atoms with van der Waals surface area (Å²) < 4.78 is 5.84. The summed E-state index contributed by atoms with van der Waals surface area (Å²) in [6.45, 7) is 9.52. The second kappa shape index (κ2) is 10.4. The standard InChI is InChI=1S/C24H31BrN8O2/c1-16-18(26-5-8-31-6-3-4-7-31)13-17(24(34)35-2)14-19(16)32-9-11-33(12-10-32)23-20-21(25)29-30-22(20)27-15-28-23/h13-15,26H,3-12H2,1-2H3,(H,27,28,29,30). The van der Waals surface area contributed by atoms with Gasteiger partial charge in [-0.15, -0.1) is 0 Å². The lowest BCUT2D eigenvalue weighted by Gasteiger charge is -2.38. The summed E-state index contributed by atoms with van der Waals surface area (Å²) in [5.74, 6) is 0.556. The average Bonchev–Trinajstić information content (AvgIpc) is 3.54. The SMILES string of the molecule is COC(=O)c1cc(NCCN2CCCC2)c(C)c(N2CCN(c3ncnc4n[nH]c(Br)c34)CC2)c1. The summed E-state index contributed by atoms with van der Waals surface area (Å²) in [5, 5.41) is 11.6. The summed E-state index contributed by atoms with van der Waals surface area (Å²) in [7, 11) is 1.43. The van der Waals surface area contributed by atoms with Crippen molar-refractivity contribution in [2.75, 3.05) is 74.6 Å². The van der Waals surface area contributed by atoms with Gasteiger partial charge in [-0.25, -0.2) is 14.8 Å². The Balaban J connectivity index is 1.34. The van der Waals surface area contributed by atoms with Crippen LogP contribution < -0.4 is 15.1 Å². The van der Waals surface area contributed by atoms with Crippen molar-refractivity contribution in [2.45, 2.75) is 19.8 Å². The quantitative estimate of drug-likeness (QED) is 0.436. The number of carbonyl (C=O) groups is 1. The highest BCUT2D eigenvalue weighted by molar-refractivity contribution is 9.10. The molecule has 2 aliphatic heterocycles. The van der Waals surface area contributed by atoms with E-state index >= 15 is 0 Å². The molecule has 2 N–H and O–H groups in total. The molecule has 10 nitrogen and oxygen atoms in total. The van der Waals surface area contributed by atoms with E-state index in [4.69, 9.17) is 4.74 Å². The first-order valence-electron chi connectivity index (χ1n) is 12.1. The molecule has 1 aromatic carbocycles. The first-order chi connectivity index (χ1) is 17.0. The van der Waals surface area contributed by atoms with Gasteiger partial charge in [0, 0.05) is 50.6 Å². The number of aromatic nitrogens is 4. The third-order valence-electron chi connectivity index (χ3n) is 6.95. The Morgan fingerprint density at radius 1 is 1.11 bits per heavy atom. The zero-order valence-corrected chi connectivity index (χ0v) is 21.8. The van der Waals surface area contributed by atoms with Gasteiger partial charge >= 0.3 is 5.97 Å². The number of fused-ring (bicyclic) bond motifs is 1. The maximum atomic E-state index is 12.5. The van der Waals surface area contributed by atoms with E-state index in [1.807, 2.05) is 12.1 Å². The highest BCUT2D eigenvalue weighted by Crippen LogP contribution is 2.33. The number of nitrogens with zero attached hydrogens (tertiary/aromatic N) is 6. The molecule has 0 aliphatic carbocycles. The van der Waals surface area contributed by atoms with Gasteiger partial charge in [-0.3, -0.25) is 5.10 Å². The molecule has 0 saturated carbocycles. The van der Waals surface area contributed by atoms with Crippen molar-refractivity contribution < 1.29 is 9.53 Å². The zero-order valence-electron chi connectivity index (χ0n) is 20.2. The van der Waals surface area contributed by atoms with Crippen molar-refractivity contribution in [1.82, 2.24) is 25.1 Å². The van der Waals surface area contributed by atoms with E-state index in [-0.39, 0.29) is 5.97 Å². The second-order valence-electron chi connectivity index (χ2n) is 9.04. The predicted molar refractivity (Wildman–Crippen MR) is 140 cm³/mol. The molecule has 0 spiro atoms. The Morgan fingerprint density at radius 3 is 2.60 bits per heavy atom. The fourth-order valence-electron chi connectivity index (χ4n) is 5.01. The van der Waals surface area contributed by atoms with Crippen LogP contribution in [0.3, 0.4) is 0 Å². The Bertz CT molecular complexity index is 1200. The predicted octanol–water partition coefficient (Wildman–Crippen LogP) is 3.04. The number of carbonyl (C=O) groups excluding carboxylic acids is 1. The van der Waals surface area contributed by atoms with E-state index in [9.17, 15) is 4.79 Å². The first-order valence-corrected chi connectivity index (χ1v) is 12.9. The number of likely N-dealkylation sites (tertiary alicyclic amines) is 1. The van der Waals surface area contributed by atoms with Crippen LogP contribution in [-0.4, -0.2) is 90.5 Å². The molecule has 35 heavy (non-hydrogen) atoms. The fraction of sp³-hybridized carbons (Fsp3) is 0.500. The van der Waals surface area contributed by atoms with Crippen LogP contribution in [-0.2, 0) is 4.74 Å². The molecule has 0 radical (unpaired) electrons. The van der Waals surface area contributed by atoms with Gasteiger partial charge < -0.3 is 24.8 Å². The Labute approximate surface area is 213 Å². The summed E-state index contributed by atoms with van der Waals surface area (Å²) in [4.78, 5) is 28.3. The van der Waals surface area contributed by atoms with Gasteiger partial charge in [-0.1, -0.05) is 0 Å². The van der Waals surface area contributed by atoms with E-state index in [1.54, 1.807) is 6.33 Å². The van der Waals surface area contributed by atoms with Crippen LogP contribution in [0, 0.1) is 6.92 Å². The molecule has 4 heterocycles. The van der Waals surface area contributed by atoms with Crippen LogP contribution in [0.15, 0.2) is 23.1 Å². The number of ether oxygens (including phenoxy) is 1. The number of H-pyrrole nitrogens is 1. The van der Waals surface area contributed by atoms with Gasteiger partial charge in [0.1, 0.15) is 16.7 Å². The van der Waals surface area contributed by atoms with Gasteiger partial charge in [-0.2, -0.15) is 5.10 Å². The van der Waals surface area contributed by atoms with Crippen LogP contribution in [0.4, 0.5) is 17.2 Å².